The number of hydrogen-bond donors (Lipinski definition) is 0. The normalized spacial score (nSPS) is 15.4. The molecule has 1 aromatic carbocycles. The van der Waals surface area contributed by atoms with Crippen LogP contribution < -0.4 is 9.47 Å². The summed E-state index contributed by atoms with van der Waals surface area (Å²) in [6, 6.07) is 5.67. The Kier molecular flexibility index (Phi) is 5.67. The van der Waals surface area contributed by atoms with Gasteiger partial charge in [-0.05, 0) is 43.5 Å². The molecule has 0 aliphatic carbocycles. The molecule has 0 radical (unpaired) electrons. The van der Waals surface area contributed by atoms with Gasteiger partial charge in [0.25, 0.3) is 5.91 Å². The van der Waals surface area contributed by atoms with E-state index in [9.17, 15) is 9.59 Å². The van der Waals surface area contributed by atoms with Crippen LogP contribution in [-0.4, -0.2) is 51.5 Å². The molecule has 2 amide bonds. The van der Waals surface area contributed by atoms with Crippen LogP contribution in [0.3, 0.4) is 0 Å². The molecule has 1 aromatic heterocycles. The summed E-state index contributed by atoms with van der Waals surface area (Å²) >= 11 is 6.21. The quantitative estimate of drug-likeness (QED) is 0.682. The Morgan fingerprint density at radius 3 is 2.73 bits per heavy atom. The van der Waals surface area contributed by atoms with Crippen LogP contribution in [0.15, 0.2) is 24.3 Å². The van der Waals surface area contributed by atoms with Crippen molar-refractivity contribution in [3.63, 3.8) is 0 Å². The van der Waals surface area contributed by atoms with E-state index >= 15 is 0 Å². The molecule has 0 bridgehead atoms. The summed E-state index contributed by atoms with van der Waals surface area (Å²) in [5.74, 6) is 1.09. The van der Waals surface area contributed by atoms with E-state index in [1.807, 2.05) is 25.1 Å². The molecule has 0 spiro atoms. The molecule has 158 valence electrons. The molecule has 2 aliphatic rings. The predicted molar refractivity (Wildman–Crippen MR) is 111 cm³/mol. The molecule has 0 unspecified atom stereocenters. The smallest absolute Gasteiger partial charge is 0.265 e. The number of fused-ring (bicyclic) bond motifs is 1. The van der Waals surface area contributed by atoms with Crippen LogP contribution in [0.1, 0.15) is 29.7 Å². The maximum atomic E-state index is 12.8. The largest absolute Gasteiger partial charge is 0.454 e. The maximum Gasteiger partial charge on any atom is 0.265 e. The van der Waals surface area contributed by atoms with Gasteiger partial charge in [0.15, 0.2) is 11.5 Å². The Bertz CT molecular complexity index is 1020. The first-order valence-corrected chi connectivity index (χ1v) is 10.2. The van der Waals surface area contributed by atoms with Gasteiger partial charge in [-0.15, -0.1) is 0 Å². The van der Waals surface area contributed by atoms with Gasteiger partial charge in [0, 0.05) is 38.2 Å². The number of aryl methyl sites for hydroxylation is 3. The summed E-state index contributed by atoms with van der Waals surface area (Å²) in [6.07, 6.45) is 4.72. The lowest BCUT2D eigenvalue weighted by atomic mass is 10.1. The van der Waals surface area contributed by atoms with Crippen molar-refractivity contribution in [1.82, 2.24) is 19.8 Å². The van der Waals surface area contributed by atoms with Crippen molar-refractivity contribution in [3.05, 3.63) is 46.2 Å². The van der Waals surface area contributed by atoms with E-state index in [4.69, 9.17) is 21.1 Å². The summed E-state index contributed by atoms with van der Waals surface area (Å²) in [5.41, 5.74) is 2.43. The van der Waals surface area contributed by atoms with E-state index in [2.05, 4.69) is 5.10 Å². The van der Waals surface area contributed by atoms with Gasteiger partial charge in [0.05, 0.1) is 5.69 Å². The van der Waals surface area contributed by atoms with Gasteiger partial charge in [0.1, 0.15) is 5.15 Å². The van der Waals surface area contributed by atoms with E-state index < -0.39 is 0 Å². The molecule has 0 N–H and O–H groups in total. The van der Waals surface area contributed by atoms with Crippen LogP contribution in [0.2, 0.25) is 5.15 Å². The molecule has 0 atom stereocenters. The topological polar surface area (TPSA) is 76.9 Å². The fourth-order valence-electron chi connectivity index (χ4n) is 3.65. The summed E-state index contributed by atoms with van der Waals surface area (Å²) < 4.78 is 12.3. The van der Waals surface area contributed by atoms with Gasteiger partial charge in [-0.1, -0.05) is 17.7 Å². The van der Waals surface area contributed by atoms with Crippen LogP contribution in [0.25, 0.3) is 6.08 Å². The molecule has 8 nitrogen and oxygen atoms in total. The number of rotatable bonds is 5. The van der Waals surface area contributed by atoms with Gasteiger partial charge >= 0.3 is 0 Å². The first kappa shape index (κ1) is 20.3. The average molecular weight is 431 g/mol. The Morgan fingerprint density at radius 2 is 1.97 bits per heavy atom. The third-order valence-electron chi connectivity index (χ3n) is 5.23. The Labute approximate surface area is 179 Å². The van der Waals surface area contributed by atoms with Gasteiger partial charge in [-0.3, -0.25) is 19.3 Å². The number of carbonyl (C=O) groups is 2. The van der Waals surface area contributed by atoms with Gasteiger partial charge < -0.3 is 9.47 Å². The predicted octanol–water partition coefficient (Wildman–Crippen LogP) is 2.73. The van der Waals surface area contributed by atoms with Gasteiger partial charge in [0.2, 0.25) is 12.7 Å². The van der Waals surface area contributed by atoms with E-state index in [-0.39, 0.29) is 18.6 Å². The highest BCUT2D eigenvalue weighted by Gasteiger charge is 2.29. The SMILES string of the molecule is Cc1nn(C)c(Cl)c1C=CC(=O)N1CCCN1C(=O)CCc1ccc2c(c1)OCO2. The maximum absolute atomic E-state index is 12.8. The van der Waals surface area contributed by atoms with Crippen LogP contribution in [0, 0.1) is 6.92 Å². The molecule has 0 saturated carbocycles. The number of ether oxygens (including phenoxy) is 2. The minimum Gasteiger partial charge on any atom is -0.454 e. The van der Waals surface area contributed by atoms with Crippen molar-refractivity contribution >= 4 is 29.5 Å². The third kappa shape index (κ3) is 4.00. The van der Waals surface area contributed by atoms with Crippen molar-refractivity contribution < 1.29 is 19.1 Å². The molecule has 4 rings (SSSR count). The van der Waals surface area contributed by atoms with Crippen molar-refractivity contribution in [2.45, 2.75) is 26.2 Å². The number of aromatic nitrogens is 2. The Hall–Kier alpha value is -3.00. The van der Waals surface area contributed by atoms with Gasteiger partial charge in [-0.25, -0.2) is 5.01 Å². The molecule has 2 aliphatic heterocycles. The van der Waals surface area contributed by atoms with Crippen molar-refractivity contribution in [1.29, 1.82) is 0 Å². The lowest BCUT2D eigenvalue weighted by molar-refractivity contribution is -0.154. The summed E-state index contributed by atoms with van der Waals surface area (Å²) in [4.78, 5) is 25.5. The fourth-order valence-corrected chi connectivity index (χ4v) is 3.89. The number of halogens is 1. The van der Waals surface area contributed by atoms with Crippen molar-refractivity contribution in [2.24, 2.45) is 7.05 Å². The second kappa shape index (κ2) is 8.39. The minimum absolute atomic E-state index is 0.0810. The summed E-state index contributed by atoms with van der Waals surface area (Å²) in [5, 5.41) is 7.74. The zero-order valence-corrected chi connectivity index (χ0v) is 17.7. The standard InChI is InChI=1S/C21H23ClN4O4/c1-14-16(21(22)24(2)23-14)6-9-20(28)26-11-3-10-25(26)19(27)8-5-15-4-7-17-18(12-15)30-13-29-17/h4,6-7,9,12H,3,5,8,10-11,13H2,1-2H3. The lowest BCUT2D eigenvalue weighted by Crippen LogP contribution is -2.44. The molecule has 1 fully saturated rings. The Balaban J connectivity index is 1.38. The van der Waals surface area contributed by atoms with E-state index in [0.717, 1.165) is 23.4 Å². The van der Waals surface area contributed by atoms with Gasteiger partial charge in [-0.2, -0.15) is 5.10 Å². The fraction of sp³-hybridized carbons (Fsp3) is 0.381. The van der Waals surface area contributed by atoms with Crippen LogP contribution in [0.4, 0.5) is 0 Å². The van der Waals surface area contributed by atoms with Crippen molar-refractivity contribution in [3.8, 4) is 11.5 Å². The molecule has 1 saturated heterocycles. The Morgan fingerprint density at radius 1 is 1.20 bits per heavy atom. The molecule has 3 heterocycles. The summed E-state index contributed by atoms with van der Waals surface area (Å²) in [6.45, 7) is 3.10. The highest BCUT2D eigenvalue weighted by Crippen LogP contribution is 2.32. The molecular weight excluding hydrogens is 408 g/mol. The molecule has 9 heteroatoms. The zero-order chi connectivity index (χ0) is 21.3. The van der Waals surface area contributed by atoms with E-state index in [0.29, 0.717) is 42.4 Å². The van der Waals surface area contributed by atoms with Crippen molar-refractivity contribution in [2.75, 3.05) is 19.9 Å². The number of amides is 2. The molecule has 30 heavy (non-hydrogen) atoms. The first-order valence-electron chi connectivity index (χ1n) is 9.81. The molecule has 2 aromatic rings. The van der Waals surface area contributed by atoms with E-state index in [1.165, 1.54) is 16.1 Å². The lowest BCUT2D eigenvalue weighted by Gasteiger charge is -2.27. The number of hydrazine groups is 1. The second-order valence-electron chi connectivity index (χ2n) is 7.27. The highest BCUT2D eigenvalue weighted by molar-refractivity contribution is 6.31. The highest BCUT2D eigenvalue weighted by atomic mass is 35.5. The van der Waals surface area contributed by atoms with Crippen LogP contribution in [0.5, 0.6) is 11.5 Å². The van der Waals surface area contributed by atoms with E-state index in [1.54, 1.807) is 17.8 Å². The van der Waals surface area contributed by atoms with Crippen LogP contribution in [-0.2, 0) is 23.1 Å². The number of nitrogens with zero attached hydrogens (tertiary/aromatic N) is 4. The third-order valence-corrected chi connectivity index (χ3v) is 5.68. The summed E-state index contributed by atoms with van der Waals surface area (Å²) in [7, 11) is 1.75. The minimum atomic E-state index is -0.247. The zero-order valence-electron chi connectivity index (χ0n) is 16.9. The molecular formula is C21H23ClN4O4. The first-order chi connectivity index (χ1) is 14.4. The monoisotopic (exact) mass is 430 g/mol. The van der Waals surface area contributed by atoms with Crippen LogP contribution >= 0.6 is 11.6 Å². The average Bonchev–Trinajstić information content (AvgIpc) is 3.45. The second-order valence-corrected chi connectivity index (χ2v) is 7.62. The number of carbonyl (C=O) groups excluding carboxylic acids is 2. The number of benzene rings is 1. The number of hydrogen-bond acceptors (Lipinski definition) is 5.